The van der Waals surface area contributed by atoms with Gasteiger partial charge in [-0.15, -0.1) is 0 Å². The standard InChI is InChI=1S/C13H11N3O2/c1-2-6-14-13(3-1)16-15-8-10-4-5-11-12(7-10)18-9-17-11/h1-8H,9H2,(H,14,16). The van der Waals surface area contributed by atoms with Crippen LogP contribution >= 0.6 is 0 Å². The molecule has 1 aliphatic rings. The average molecular weight is 241 g/mol. The molecule has 18 heavy (non-hydrogen) atoms. The van der Waals surface area contributed by atoms with Crippen LogP contribution in [-0.2, 0) is 0 Å². The first-order valence-corrected chi connectivity index (χ1v) is 5.51. The van der Waals surface area contributed by atoms with Crippen molar-refractivity contribution < 1.29 is 9.47 Å². The number of rotatable bonds is 3. The molecule has 0 saturated carbocycles. The number of anilines is 1. The number of pyridine rings is 1. The largest absolute Gasteiger partial charge is 0.454 e. The topological polar surface area (TPSA) is 55.7 Å². The van der Waals surface area contributed by atoms with Crippen LogP contribution < -0.4 is 14.9 Å². The molecule has 0 fully saturated rings. The van der Waals surface area contributed by atoms with Crippen LogP contribution in [0.25, 0.3) is 0 Å². The minimum Gasteiger partial charge on any atom is -0.454 e. The second-order valence-corrected chi connectivity index (χ2v) is 3.70. The molecule has 0 unspecified atom stereocenters. The zero-order chi connectivity index (χ0) is 12.2. The normalized spacial score (nSPS) is 12.9. The summed E-state index contributed by atoms with van der Waals surface area (Å²) in [6.45, 7) is 0.280. The van der Waals surface area contributed by atoms with Crippen LogP contribution in [0.3, 0.4) is 0 Å². The Morgan fingerprint density at radius 3 is 3.00 bits per heavy atom. The molecule has 1 aliphatic heterocycles. The van der Waals surface area contributed by atoms with Gasteiger partial charge in [-0.2, -0.15) is 5.10 Å². The van der Waals surface area contributed by atoms with E-state index in [1.54, 1.807) is 12.4 Å². The third-order valence-corrected chi connectivity index (χ3v) is 2.45. The Bertz CT molecular complexity index is 570. The maximum Gasteiger partial charge on any atom is 0.231 e. The van der Waals surface area contributed by atoms with Crippen molar-refractivity contribution in [3.8, 4) is 11.5 Å². The van der Waals surface area contributed by atoms with Gasteiger partial charge < -0.3 is 9.47 Å². The molecule has 0 radical (unpaired) electrons. The predicted octanol–water partition coefficient (Wildman–Crippen LogP) is 2.26. The summed E-state index contributed by atoms with van der Waals surface area (Å²) in [6.07, 6.45) is 3.41. The van der Waals surface area contributed by atoms with Crippen LogP contribution in [0.4, 0.5) is 5.82 Å². The Kier molecular flexibility index (Phi) is 2.79. The lowest BCUT2D eigenvalue weighted by atomic mass is 10.2. The Labute approximate surface area is 104 Å². The monoisotopic (exact) mass is 241 g/mol. The Morgan fingerprint density at radius 1 is 1.17 bits per heavy atom. The number of aromatic nitrogens is 1. The summed E-state index contributed by atoms with van der Waals surface area (Å²) in [5.74, 6) is 2.22. The highest BCUT2D eigenvalue weighted by atomic mass is 16.7. The third kappa shape index (κ3) is 2.24. The van der Waals surface area contributed by atoms with Gasteiger partial charge in [-0.05, 0) is 35.9 Å². The molecule has 2 aromatic rings. The van der Waals surface area contributed by atoms with Gasteiger partial charge in [0, 0.05) is 6.20 Å². The van der Waals surface area contributed by atoms with Gasteiger partial charge in [0.1, 0.15) is 5.82 Å². The zero-order valence-corrected chi connectivity index (χ0v) is 9.54. The summed E-state index contributed by atoms with van der Waals surface area (Å²) < 4.78 is 10.5. The van der Waals surface area contributed by atoms with Crippen LogP contribution in [0, 0.1) is 0 Å². The molecular weight excluding hydrogens is 230 g/mol. The van der Waals surface area contributed by atoms with Gasteiger partial charge in [-0.1, -0.05) is 6.07 Å². The summed E-state index contributed by atoms with van der Waals surface area (Å²) in [5.41, 5.74) is 3.78. The Morgan fingerprint density at radius 2 is 2.11 bits per heavy atom. The lowest BCUT2D eigenvalue weighted by Crippen LogP contribution is -1.93. The Balaban J connectivity index is 1.69. The zero-order valence-electron chi connectivity index (χ0n) is 9.54. The van der Waals surface area contributed by atoms with Gasteiger partial charge in [0.2, 0.25) is 6.79 Å². The summed E-state index contributed by atoms with van der Waals surface area (Å²) in [6, 6.07) is 11.3. The first-order valence-electron chi connectivity index (χ1n) is 5.51. The highest BCUT2D eigenvalue weighted by Crippen LogP contribution is 2.31. The lowest BCUT2D eigenvalue weighted by Gasteiger charge is -1.99. The van der Waals surface area contributed by atoms with E-state index in [1.807, 2.05) is 36.4 Å². The lowest BCUT2D eigenvalue weighted by molar-refractivity contribution is 0.174. The molecule has 0 aliphatic carbocycles. The number of benzene rings is 1. The number of fused-ring (bicyclic) bond motifs is 1. The molecule has 5 nitrogen and oxygen atoms in total. The van der Waals surface area contributed by atoms with E-state index >= 15 is 0 Å². The van der Waals surface area contributed by atoms with Gasteiger partial charge in [-0.3, -0.25) is 5.43 Å². The SMILES string of the molecule is C(=NNc1ccccn1)c1ccc2c(c1)OCO2. The number of hydrogen-bond acceptors (Lipinski definition) is 5. The van der Waals surface area contributed by atoms with E-state index < -0.39 is 0 Å². The highest BCUT2D eigenvalue weighted by Gasteiger charge is 2.12. The molecule has 1 N–H and O–H groups in total. The number of hydrazone groups is 1. The molecule has 90 valence electrons. The van der Waals surface area contributed by atoms with Crippen LogP contribution in [0.5, 0.6) is 11.5 Å². The van der Waals surface area contributed by atoms with Crippen LogP contribution in [0.15, 0.2) is 47.7 Å². The molecule has 0 bridgehead atoms. The smallest absolute Gasteiger partial charge is 0.231 e. The second-order valence-electron chi connectivity index (χ2n) is 3.70. The molecular formula is C13H11N3O2. The molecule has 2 heterocycles. The second kappa shape index (κ2) is 4.75. The molecule has 0 spiro atoms. The van der Waals surface area contributed by atoms with E-state index in [-0.39, 0.29) is 6.79 Å². The fraction of sp³-hybridized carbons (Fsp3) is 0.0769. The quantitative estimate of drug-likeness (QED) is 0.661. The van der Waals surface area contributed by atoms with Crippen molar-refractivity contribution in [2.45, 2.75) is 0 Å². The molecule has 0 saturated heterocycles. The number of nitrogens with one attached hydrogen (secondary N) is 1. The molecule has 1 aromatic carbocycles. The van der Waals surface area contributed by atoms with Crippen molar-refractivity contribution in [1.29, 1.82) is 0 Å². The minimum absolute atomic E-state index is 0.280. The van der Waals surface area contributed by atoms with Gasteiger partial charge in [-0.25, -0.2) is 4.98 Å². The van der Waals surface area contributed by atoms with Gasteiger partial charge >= 0.3 is 0 Å². The summed E-state index contributed by atoms with van der Waals surface area (Å²) in [7, 11) is 0. The van der Waals surface area contributed by atoms with E-state index in [2.05, 4.69) is 15.5 Å². The fourth-order valence-electron chi connectivity index (χ4n) is 1.60. The van der Waals surface area contributed by atoms with E-state index in [1.165, 1.54) is 0 Å². The molecule has 3 rings (SSSR count). The first-order chi connectivity index (χ1) is 8.92. The van der Waals surface area contributed by atoms with Crippen molar-refractivity contribution in [3.05, 3.63) is 48.2 Å². The first kappa shape index (κ1) is 10.6. The summed E-state index contributed by atoms with van der Waals surface area (Å²) in [4.78, 5) is 4.10. The van der Waals surface area contributed by atoms with Crippen LogP contribution in [0.2, 0.25) is 0 Å². The fourth-order valence-corrected chi connectivity index (χ4v) is 1.60. The van der Waals surface area contributed by atoms with Gasteiger partial charge in [0.05, 0.1) is 6.21 Å². The minimum atomic E-state index is 0.280. The van der Waals surface area contributed by atoms with E-state index in [0.29, 0.717) is 5.82 Å². The maximum absolute atomic E-state index is 5.29. The number of ether oxygens (including phenoxy) is 2. The molecule has 5 heteroatoms. The van der Waals surface area contributed by atoms with Crippen molar-refractivity contribution in [2.24, 2.45) is 5.10 Å². The van der Waals surface area contributed by atoms with Crippen LogP contribution in [0.1, 0.15) is 5.56 Å². The van der Waals surface area contributed by atoms with Crippen LogP contribution in [-0.4, -0.2) is 18.0 Å². The summed E-state index contributed by atoms with van der Waals surface area (Å²) >= 11 is 0. The van der Waals surface area contributed by atoms with Crippen molar-refractivity contribution in [3.63, 3.8) is 0 Å². The predicted molar refractivity (Wildman–Crippen MR) is 68.0 cm³/mol. The number of hydrogen-bond donors (Lipinski definition) is 1. The molecule has 0 atom stereocenters. The maximum atomic E-state index is 5.29. The van der Waals surface area contributed by atoms with Crippen molar-refractivity contribution in [1.82, 2.24) is 4.98 Å². The van der Waals surface area contributed by atoms with Crippen molar-refractivity contribution >= 4 is 12.0 Å². The van der Waals surface area contributed by atoms with E-state index in [0.717, 1.165) is 17.1 Å². The van der Waals surface area contributed by atoms with E-state index in [9.17, 15) is 0 Å². The van der Waals surface area contributed by atoms with Gasteiger partial charge in [0.25, 0.3) is 0 Å². The highest BCUT2D eigenvalue weighted by molar-refractivity contribution is 5.81. The molecule has 0 amide bonds. The summed E-state index contributed by atoms with van der Waals surface area (Å²) in [5, 5.41) is 4.10. The van der Waals surface area contributed by atoms with E-state index in [4.69, 9.17) is 9.47 Å². The van der Waals surface area contributed by atoms with Crippen molar-refractivity contribution in [2.75, 3.05) is 12.2 Å². The Hall–Kier alpha value is -2.56. The number of nitrogens with zero attached hydrogens (tertiary/aromatic N) is 2. The third-order valence-electron chi connectivity index (χ3n) is 2.45. The average Bonchev–Trinajstić information content (AvgIpc) is 2.87. The molecule has 1 aromatic heterocycles. The van der Waals surface area contributed by atoms with Gasteiger partial charge in [0.15, 0.2) is 11.5 Å².